The Hall–Kier alpha value is -1.83. The number of nitrogens with two attached hydrogens (primary N) is 1. The number of phenolic OH excluding ortho intramolecular Hbond substituents is 1. The number of benzene rings is 1. The van der Waals surface area contributed by atoms with Gasteiger partial charge in [-0.1, -0.05) is 6.07 Å². The van der Waals surface area contributed by atoms with E-state index in [9.17, 15) is 9.90 Å². The summed E-state index contributed by atoms with van der Waals surface area (Å²) in [5, 5.41) is 13.9. The zero-order valence-corrected chi connectivity index (χ0v) is 19.4. The van der Waals surface area contributed by atoms with E-state index in [1.165, 1.54) is 30.5 Å². The van der Waals surface area contributed by atoms with Gasteiger partial charge in [0.25, 0.3) is 0 Å². The van der Waals surface area contributed by atoms with Crippen LogP contribution in [-0.4, -0.2) is 66.9 Å². The summed E-state index contributed by atoms with van der Waals surface area (Å²) in [5.74, 6) is 1.85. The van der Waals surface area contributed by atoms with Crippen molar-refractivity contribution in [3.63, 3.8) is 0 Å². The van der Waals surface area contributed by atoms with Crippen molar-refractivity contribution < 1.29 is 19.4 Å². The van der Waals surface area contributed by atoms with Crippen LogP contribution in [0.15, 0.2) is 12.1 Å². The Kier molecular flexibility index (Phi) is 4.13. The molecular formula is C26H35N3O4. The molecule has 1 aromatic rings. The number of carbonyl (C=O) groups is 1. The molecule has 4 saturated carbocycles. The van der Waals surface area contributed by atoms with Crippen LogP contribution >= 0.6 is 0 Å². The molecular weight excluding hydrogens is 418 g/mol. The fraction of sp³-hybridized carbons (Fsp3) is 0.731. The summed E-state index contributed by atoms with van der Waals surface area (Å²) in [6.07, 6.45) is 7.73. The van der Waals surface area contributed by atoms with E-state index in [2.05, 4.69) is 16.3 Å². The van der Waals surface area contributed by atoms with Gasteiger partial charge < -0.3 is 25.6 Å². The molecule has 0 aromatic heterocycles. The maximum atomic E-state index is 12.1. The highest BCUT2D eigenvalue weighted by Gasteiger charge is 2.80. The highest BCUT2D eigenvalue weighted by atomic mass is 16.6. The number of ether oxygens (including phenoxy) is 2. The van der Waals surface area contributed by atoms with E-state index < -0.39 is 5.60 Å². The van der Waals surface area contributed by atoms with Gasteiger partial charge in [0.05, 0.1) is 6.54 Å². The summed E-state index contributed by atoms with van der Waals surface area (Å²) in [4.78, 5) is 14.9. The normalized spacial score (nSPS) is 42.1. The summed E-state index contributed by atoms with van der Waals surface area (Å²) < 4.78 is 13.2. The van der Waals surface area contributed by atoms with Crippen molar-refractivity contribution in [2.75, 3.05) is 33.3 Å². The standard InChI is InChI=1S/C26H35N3O4/c1-32-26-7-6-24(11-17(26)13-28-20(31)12-27)19-10-16-4-5-18(30)22-21(16)25(24,23(26)33-22)8-9-29(19)14-15-2-3-15/h4-5,15,17,19,23,30H,2-3,6-14,27H2,1H3,(H,28,31)/t17?,19-,23?,24-,25+,26?/m1/s1. The first-order valence-electron chi connectivity index (χ1n) is 12.8. The molecule has 2 aliphatic heterocycles. The predicted molar refractivity (Wildman–Crippen MR) is 122 cm³/mol. The predicted octanol–water partition coefficient (Wildman–Crippen LogP) is 1.69. The first kappa shape index (κ1) is 20.5. The average Bonchev–Trinajstić information content (AvgIpc) is 3.57. The maximum absolute atomic E-state index is 12.1. The molecule has 7 nitrogen and oxygen atoms in total. The maximum Gasteiger partial charge on any atom is 0.233 e. The number of hydrogen-bond acceptors (Lipinski definition) is 6. The van der Waals surface area contributed by atoms with Crippen LogP contribution in [0.25, 0.3) is 0 Å². The second-order valence-electron chi connectivity index (χ2n) is 11.5. The van der Waals surface area contributed by atoms with E-state index in [1.54, 1.807) is 0 Å². The van der Waals surface area contributed by atoms with Crippen LogP contribution in [-0.2, 0) is 21.4 Å². The number of methoxy groups -OCH3 is 1. The molecule has 0 radical (unpaired) electrons. The van der Waals surface area contributed by atoms with E-state index >= 15 is 0 Å². The molecule has 5 fully saturated rings. The second-order valence-corrected chi connectivity index (χ2v) is 11.5. The van der Waals surface area contributed by atoms with Crippen molar-refractivity contribution in [2.45, 2.75) is 68.1 Å². The van der Waals surface area contributed by atoms with Crippen LogP contribution < -0.4 is 15.8 Å². The Morgan fingerprint density at radius 3 is 2.94 bits per heavy atom. The van der Waals surface area contributed by atoms with Crippen molar-refractivity contribution in [3.8, 4) is 11.5 Å². The first-order valence-corrected chi connectivity index (χ1v) is 12.8. The third kappa shape index (κ3) is 2.34. The first-order chi connectivity index (χ1) is 16.0. The van der Waals surface area contributed by atoms with Crippen LogP contribution in [0.3, 0.4) is 0 Å². The molecule has 2 heterocycles. The smallest absolute Gasteiger partial charge is 0.233 e. The third-order valence-electron chi connectivity index (χ3n) is 10.5. The SMILES string of the molecule is COC12CC[C@@]3(CC1CNC(=O)CN)[C@H]1Cc4ccc(O)c5c4[C@@]3(CCN1CC1CC1)C2O5. The summed E-state index contributed by atoms with van der Waals surface area (Å²) in [7, 11) is 1.81. The minimum absolute atomic E-state index is 0.00216. The number of nitrogens with zero attached hydrogens (tertiary/aromatic N) is 1. The highest BCUT2D eigenvalue weighted by Crippen LogP contribution is 2.76. The van der Waals surface area contributed by atoms with Gasteiger partial charge in [0.1, 0.15) is 11.7 Å². The second kappa shape index (κ2) is 6.64. The number of aromatic hydroxyl groups is 1. The van der Waals surface area contributed by atoms with Gasteiger partial charge in [-0.05, 0) is 69.0 Å². The van der Waals surface area contributed by atoms with Gasteiger partial charge in [-0.3, -0.25) is 9.69 Å². The number of nitrogens with one attached hydrogen (secondary N) is 1. The zero-order valence-electron chi connectivity index (χ0n) is 19.4. The number of carbonyl (C=O) groups excluding carboxylic acids is 1. The van der Waals surface area contributed by atoms with Crippen molar-refractivity contribution in [1.82, 2.24) is 10.2 Å². The van der Waals surface area contributed by atoms with Gasteiger partial charge in [-0.2, -0.15) is 0 Å². The minimum Gasteiger partial charge on any atom is -0.504 e. The molecule has 5 aliphatic carbocycles. The van der Waals surface area contributed by atoms with Crippen LogP contribution in [0.5, 0.6) is 11.5 Å². The number of rotatable bonds is 6. The van der Waals surface area contributed by atoms with E-state index in [1.807, 2.05) is 13.2 Å². The van der Waals surface area contributed by atoms with Crippen LogP contribution in [0.2, 0.25) is 0 Å². The minimum atomic E-state index is -0.479. The molecule has 8 rings (SSSR count). The molecule has 178 valence electrons. The van der Waals surface area contributed by atoms with Gasteiger partial charge in [0, 0.05) is 48.6 Å². The summed E-state index contributed by atoms with van der Waals surface area (Å²) in [6, 6.07) is 4.44. The van der Waals surface area contributed by atoms with E-state index in [0.717, 1.165) is 44.6 Å². The van der Waals surface area contributed by atoms with Gasteiger partial charge in [0.15, 0.2) is 11.5 Å². The Morgan fingerprint density at radius 2 is 2.18 bits per heavy atom. The molecule has 33 heavy (non-hydrogen) atoms. The molecule has 1 amide bonds. The zero-order chi connectivity index (χ0) is 22.6. The molecule has 4 N–H and O–H groups in total. The number of fused-ring (bicyclic) bond motifs is 2. The number of piperidine rings is 1. The number of phenols is 1. The molecule has 4 bridgehead atoms. The van der Waals surface area contributed by atoms with Gasteiger partial charge >= 0.3 is 0 Å². The summed E-state index contributed by atoms with van der Waals surface area (Å²) in [5.41, 5.74) is 7.70. The molecule has 7 heteroatoms. The molecule has 2 spiro atoms. The van der Waals surface area contributed by atoms with E-state index in [-0.39, 0.29) is 41.1 Å². The number of hydrogen-bond donors (Lipinski definition) is 3. The Labute approximate surface area is 195 Å². The average molecular weight is 454 g/mol. The van der Waals surface area contributed by atoms with E-state index in [0.29, 0.717) is 18.3 Å². The third-order valence-corrected chi connectivity index (χ3v) is 10.5. The number of likely N-dealkylation sites (tertiary alicyclic amines) is 1. The topological polar surface area (TPSA) is 97.0 Å². The van der Waals surface area contributed by atoms with Crippen molar-refractivity contribution in [2.24, 2.45) is 23.0 Å². The summed E-state index contributed by atoms with van der Waals surface area (Å²) in [6.45, 7) is 2.86. The molecule has 6 atom stereocenters. The van der Waals surface area contributed by atoms with Crippen LogP contribution in [0.4, 0.5) is 0 Å². The lowest BCUT2D eigenvalue weighted by atomic mass is 9.35. The fourth-order valence-corrected chi connectivity index (χ4v) is 9.10. The van der Waals surface area contributed by atoms with Gasteiger partial charge in [0.2, 0.25) is 5.91 Å². The Morgan fingerprint density at radius 1 is 1.33 bits per heavy atom. The Bertz CT molecular complexity index is 1030. The summed E-state index contributed by atoms with van der Waals surface area (Å²) >= 11 is 0. The largest absolute Gasteiger partial charge is 0.504 e. The van der Waals surface area contributed by atoms with E-state index in [4.69, 9.17) is 15.2 Å². The lowest BCUT2D eigenvalue weighted by Crippen LogP contribution is -2.81. The van der Waals surface area contributed by atoms with Gasteiger partial charge in [-0.15, -0.1) is 0 Å². The molecule has 1 saturated heterocycles. The fourth-order valence-electron chi connectivity index (χ4n) is 9.10. The molecule has 3 unspecified atom stereocenters. The quantitative estimate of drug-likeness (QED) is 0.607. The molecule has 1 aromatic carbocycles. The van der Waals surface area contributed by atoms with Gasteiger partial charge in [-0.25, -0.2) is 0 Å². The monoisotopic (exact) mass is 453 g/mol. The number of amides is 1. The van der Waals surface area contributed by atoms with Crippen molar-refractivity contribution in [1.29, 1.82) is 0 Å². The van der Waals surface area contributed by atoms with Crippen LogP contribution in [0.1, 0.15) is 49.7 Å². The van der Waals surface area contributed by atoms with Crippen molar-refractivity contribution >= 4 is 5.91 Å². The Balaban J connectivity index is 1.39. The molecule has 7 aliphatic rings. The lowest BCUT2D eigenvalue weighted by Gasteiger charge is -2.74. The lowest BCUT2D eigenvalue weighted by molar-refractivity contribution is -0.276. The van der Waals surface area contributed by atoms with Crippen LogP contribution in [0, 0.1) is 17.3 Å². The van der Waals surface area contributed by atoms with Crippen molar-refractivity contribution in [3.05, 3.63) is 23.3 Å². The highest BCUT2D eigenvalue weighted by molar-refractivity contribution is 5.77.